The van der Waals surface area contributed by atoms with Gasteiger partial charge in [-0.1, -0.05) is 12.1 Å². The molecule has 5 nitrogen and oxygen atoms in total. The van der Waals surface area contributed by atoms with E-state index in [2.05, 4.69) is 4.98 Å². The first-order chi connectivity index (χ1) is 9.58. The fourth-order valence-electron chi connectivity index (χ4n) is 2.10. The summed E-state index contributed by atoms with van der Waals surface area (Å²) in [4.78, 5) is 15.2. The third-order valence-electron chi connectivity index (χ3n) is 3.06. The van der Waals surface area contributed by atoms with Gasteiger partial charge in [-0.2, -0.15) is 0 Å². The van der Waals surface area contributed by atoms with Crippen LogP contribution in [0.2, 0.25) is 0 Å². The van der Waals surface area contributed by atoms with Crippen molar-refractivity contribution in [1.82, 2.24) is 9.55 Å². The quantitative estimate of drug-likeness (QED) is 0.701. The number of para-hydroxylation sites is 2. The van der Waals surface area contributed by atoms with Crippen LogP contribution in [0.3, 0.4) is 0 Å². The molecule has 6 heteroatoms. The van der Waals surface area contributed by atoms with Crippen LogP contribution in [0, 0.1) is 5.82 Å². The minimum atomic E-state index is -1.20. The zero-order chi connectivity index (χ0) is 14.3. The average molecular weight is 271 g/mol. The van der Waals surface area contributed by atoms with E-state index in [0.29, 0.717) is 11.0 Å². The fourth-order valence-corrected chi connectivity index (χ4v) is 2.10. The minimum Gasteiger partial charge on any atom is -0.478 e. The molecule has 1 aromatic heterocycles. The maximum atomic E-state index is 14.1. The number of nitrogen functional groups attached to an aromatic ring is 1. The molecule has 3 aromatic rings. The van der Waals surface area contributed by atoms with Crippen LogP contribution in [0.15, 0.2) is 42.7 Å². The number of carboxylic acids is 1. The number of hydrogen-bond donors (Lipinski definition) is 2. The average Bonchev–Trinajstić information content (AvgIpc) is 2.82. The standard InChI is InChI=1S/C14H10FN3O2/c15-9-6-10(16)8(14(19)20)5-13(9)18-7-17-11-3-1-2-4-12(11)18/h1-7H,16H2,(H,19,20). The topological polar surface area (TPSA) is 81.1 Å². The number of fused-ring (bicyclic) bond motifs is 1. The number of benzene rings is 2. The molecule has 0 aliphatic rings. The summed E-state index contributed by atoms with van der Waals surface area (Å²) in [6.07, 6.45) is 1.45. The molecule has 0 fully saturated rings. The highest BCUT2D eigenvalue weighted by molar-refractivity contribution is 5.94. The highest BCUT2D eigenvalue weighted by Gasteiger charge is 2.15. The summed E-state index contributed by atoms with van der Waals surface area (Å²) in [5.41, 5.74) is 6.75. The molecule has 0 amide bonds. The SMILES string of the molecule is Nc1cc(F)c(-n2cnc3ccccc32)cc1C(=O)O. The van der Waals surface area contributed by atoms with Gasteiger partial charge in [0.25, 0.3) is 0 Å². The number of halogens is 1. The third-order valence-corrected chi connectivity index (χ3v) is 3.06. The molecule has 3 N–H and O–H groups in total. The lowest BCUT2D eigenvalue weighted by Gasteiger charge is -2.09. The Morgan fingerprint density at radius 1 is 1.30 bits per heavy atom. The molecule has 20 heavy (non-hydrogen) atoms. The smallest absolute Gasteiger partial charge is 0.337 e. The molecular weight excluding hydrogens is 261 g/mol. The number of carbonyl (C=O) groups is 1. The summed E-state index contributed by atoms with van der Waals surface area (Å²) in [7, 11) is 0. The second-order valence-electron chi connectivity index (χ2n) is 4.30. The van der Waals surface area contributed by atoms with Crippen LogP contribution in [0.1, 0.15) is 10.4 Å². The number of aromatic carboxylic acids is 1. The summed E-state index contributed by atoms with van der Waals surface area (Å²) in [6, 6.07) is 9.40. The van der Waals surface area contributed by atoms with Crippen molar-refractivity contribution in [3.8, 4) is 5.69 Å². The molecule has 1 heterocycles. The van der Waals surface area contributed by atoms with Crippen LogP contribution >= 0.6 is 0 Å². The third kappa shape index (κ3) is 1.78. The maximum absolute atomic E-state index is 14.1. The van der Waals surface area contributed by atoms with Crippen molar-refractivity contribution >= 4 is 22.7 Å². The predicted molar refractivity (Wildman–Crippen MR) is 72.4 cm³/mol. The van der Waals surface area contributed by atoms with Gasteiger partial charge in [0.05, 0.1) is 22.3 Å². The molecular formula is C14H10FN3O2. The zero-order valence-corrected chi connectivity index (χ0v) is 10.2. The lowest BCUT2D eigenvalue weighted by molar-refractivity contribution is 0.0698. The van der Waals surface area contributed by atoms with Gasteiger partial charge in [0.15, 0.2) is 0 Å². The zero-order valence-electron chi connectivity index (χ0n) is 10.2. The Morgan fingerprint density at radius 2 is 2.05 bits per heavy atom. The van der Waals surface area contributed by atoms with E-state index in [1.165, 1.54) is 17.0 Å². The molecule has 0 saturated carbocycles. The van der Waals surface area contributed by atoms with Gasteiger partial charge in [0, 0.05) is 5.69 Å². The number of imidazole rings is 1. The van der Waals surface area contributed by atoms with Crippen LogP contribution < -0.4 is 5.73 Å². The van der Waals surface area contributed by atoms with Gasteiger partial charge >= 0.3 is 5.97 Å². The summed E-state index contributed by atoms with van der Waals surface area (Å²) in [6.45, 7) is 0. The lowest BCUT2D eigenvalue weighted by Crippen LogP contribution is -2.06. The van der Waals surface area contributed by atoms with Crippen molar-refractivity contribution in [2.45, 2.75) is 0 Å². The lowest BCUT2D eigenvalue weighted by atomic mass is 10.1. The van der Waals surface area contributed by atoms with E-state index < -0.39 is 11.8 Å². The number of aromatic nitrogens is 2. The molecule has 0 aliphatic heterocycles. The van der Waals surface area contributed by atoms with Crippen molar-refractivity contribution < 1.29 is 14.3 Å². The van der Waals surface area contributed by atoms with Gasteiger partial charge in [-0.25, -0.2) is 14.2 Å². The van der Waals surface area contributed by atoms with E-state index in [1.807, 2.05) is 6.07 Å². The Kier molecular flexibility index (Phi) is 2.64. The van der Waals surface area contributed by atoms with Crippen molar-refractivity contribution in [2.24, 2.45) is 0 Å². The van der Waals surface area contributed by atoms with Gasteiger partial charge in [-0.3, -0.25) is 4.57 Å². The summed E-state index contributed by atoms with van der Waals surface area (Å²) in [5.74, 6) is -1.80. The first-order valence-electron chi connectivity index (χ1n) is 5.82. The fraction of sp³-hybridized carbons (Fsp3) is 0. The monoisotopic (exact) mass is 271 g/mol. The van der Waals surface area contributed by atoms with Crippen molar-refractivity contribution in [3.05, 3.63) is 54.1 Å². The van der Waals surface area contributed by atoms with Gasteiger partial charge in [0.2, 0.25) is 0 Å². The molecule has 2 aromatic carbocycles. The maximum Gasteiger partial charge on any atom is 0.337 e. The summed E-state index contributed by atoms with van der Waals surface area (Å²) < 4.78 is 15.6. The Labute approximate surface area is 113 Å². The number of nitrogens with zero attached hydrogens (tertiary/aromatic N) is 2. The molecule has 3 rings (SSSR count). The van der Waals surface area contributed by atoms with Crippen LogP contribution in [0.25, 0.3) is 16.7 Å². The Bertz CT molecular complexity index is 826. The van der Waals surface area contributed by atoms with Gasteiger partial charge in [0.1, 0.15) is 12.1 Å². The van der Waals surface area contributed by atoms with Crippen molar-refractivity contribution in [1.29, 1.82) is 0 Å². The number of nitrogens with two attached hydrogens (primary N) is 1. The Morgan fingerprint density at radius 3 is 2.80 bits per heavy atom. The van der Waals surface area contributed by atoms with E-state index in [9.17, 15) is 9.18 Å². The molecule has 0 bridgehead atoms. The van der Waals surface area contributed by atoms with Gasteiger partial charge in [-0.15, -0.1) is 0 Å². The van der Waals surface area contributed by atoms with Crippen molar-refractivity contribution in [2.75, 3.05) is 5.73 Å². The molecule has 0 unspecified atom stereocenters. The van der Waals surface area contributed by atoms with E-state index in [-0.39, 0.29) is 16.9 Å². The molecule has 100 valence electrons. The van der Waals surface area contributed by atoms with Crippen LogP contribution in [-0.4, -0.2) is 20.6 Å². The second kappa shape index (κ2) is 4.34. The van der Waals surface area contributed by atoms with Crippen LogP contribution in [0.4, 0.5) is 10.1 Å². The molecule has 0 radical (unpaired) electrons. The highest BCUT2D eigenvalue weighted by Crippen LogP contribution is 2.24. The number of hydrogen-bond acceptors (Lipinski definition) is 3. The second-order valence-corrected chi connectivity index (χ2v) is 4.30. The normalized spacial score (nSPS) is 10.8. The molecule has 0 atom stereocenters. The van der Waals surface area contributed by atoms with E-state index in [4.69, 9.17) is 10.8 Å². The van der Waals surface area contributed by atoms with Gasteiger partial charge < -0.3 is 10.8 Å². The number of carboxylic acid groups (broad SMARTS) is 1. The largest absolute Gasteiger partial charge is 0.478 e. The van der Waals surface area contributed by atoms with Crippen molar-refractivity contribution in [3.63, 3.8) is 0 Å². The first kappa shape index (κ1) is 12.2. The minimum absolute atomic E-state index is 0.102. The summed E-state index contributed by atoms with van der Waals surface area (Å²) >= 11 is 0. The Balaban J connectivity index is 2.29. The number of anilines is 1. The van der Waals surface area contributed by atoms with E-state index in [1.54, 1.807) is 18.2 Å². The molecule has 0 spiro atoms. The highest BCUT2D eigenvalue weighted by atomic mass is 19.1. The Hall–Kier alpha value is -2.89. The number of rotatable bonds is 2. The van der Waals surface area contributed by atoms with Crippen LogP contribution in [0.5, 0.6) is 0 Å². The molecule has 0 saturated heterocycles. The summed E-state index contributed by atoms with van der Waals surface area (Å²) in [5, 5.41) is 9.06. The first-order valence-corrected chi connectivity index (χ1v) is 5.82. The van der Waals surface area contributed by atoms with Gasteiger partial charge in [-0.05, 0) is 24.3 Å². The molecule has 0 aliphatic carbocycles. The van der Waals surface area contributed by atoms with Crippen LogP contribution in [-0.2, 0) is 0 Å². The predicted octanol–water partition coefficient (Wildman–Crippen LogP) is 2.45. The van der Waals surface area contributed by atoms with E-state index >= 15 is 0 Å². The van der Waals surface area contributed by atoms with E-state index in [0.717, 1.165) is 6.07 Å².